The van der Waals surface area contributed by atoms with E-state index < -0.39 is 5.82 Å². The second-order valence-electron chi connectivity index (χ2n) is 2.67. The second-order valence-corrected chi connectivity index (χ2v) is 3.11. The van der Waals surface area contributed by atoms with Gasteiger partial charge in [0.25, 0.3) is 5.89 Å². The average molecular weight is 228 g/mol. The lowest BCUT2D eigenvalue weighted by atomic mass is 10.3. The number of ether oxygens (including phenoxy) is 1. The van der Waals surface area contributed by atoms with Crippen LogP contribution in [0.5, 0.6) is 5.75 Å². The van der Waals surface area contributed by atoms with Crippen LogP contribution in [0.3, 0.4) is 0 Å². The first kappa shape index (κ1) is 9.79. The third-order valence-corrected chi connectivity index (χ3v) is 1.82. The van der Waals surface area contributed by atoms with E-state index in [2.05, 4.69) is 14.1 Å². The smallest absolute Gasteiger partial charge is 0.484 e. The van der Waals surface area contributed by atoms with Crippen LogP contribution in [0.4, 0.5) is 0 Å². The third kappa shape index (κ3) is 2.60. The number of benzene rings is 1. The fraction of sp³-hybridized carbons (Fsp3) is 0.111. The SMILES string of the molecule is O=c1onc(COc2cccc(Cl)c2)o1. The molecule has 0 aliphatic carbocycles. The van der Waals surface area contributed by atoms with Gasteiger partial charge in [-0.05, 0) is 23.4 Å². The van der Waals surface area contributed by atoms with Gasteiger partial charge in [0.1, 0.15) is 5.75 Å². The Bertz CT molecular complexity index is 505. The van der Waals surface area contributed by atoms with Gasteiger partial charge in [0, 0.05) is 5.02 Å². The van der Waals surface area contributed by atoms with Crippen molar-refractivity contribution in [3.05, 3.63) is 45.8 Å². The lowest BCUT2D eigenvalue weighted by Crippen LogP contribution is -1.95. The van der Waals surface area contributed by atoms with Crippen LogP contribution >= 0.6 is 11.6 Å². The molecule has 0 saturated carbocycles. The van der Waals surface area contributed by atoms with E-state index in [1.807, 2.05) is 0 Å². The van der Waals surface area contributed by atoms with E-state index in [1.165, 1.54) is 0 Å². The minimum absolute atomic E-state index is 0.0199. The third-order valence-electron chi connectivity index (χ3n) is 1.58. The summed E-state index contributed by atoms with van der Waals surface area (Å²) in [5.41, 5.74) is 0. The average Bonchev–Trinajstić information content (AvgIpc) is 2.62. The van der Waals surface area contributed by atoms with E-state index in [0.29, 0.717) is 10.8 Å². The van der Waals surface area contributed by atoms with E-state index in [0.717, 1.165) is 0 Å². The standard InChI is InChI=1S/C9H6ClNO4/c10-6-2-1-3-7(4-6)13-5-8-11-15-9(12)14-8/h1-4H,5H2. The van der Waals surface area contributed by atoms with E-state index in [4.69, 9.17) is 16.3 Å². The quantitative estimate of drug-likeness (QED) is 0.801. The van der Waals surface area contributed by atoms with Gasteiger partial charge in [0.05, 0.1) is 0 Å². The molecule has 0 N–H and O–H groups in total. The molecule has 0 spiro atoms. The Morgan fingerprint density at radius 1 is 1.47 bits per heavy atom. The topological polar surface area (TPSA) is 65.5 Å². The molecule has 78 valence electrons. The molecular weight excluding hydrogens is 222 g/mol. The minimum atomic E-state index is -0.848. The van der Waals surface area contributed by atoms with Crippen molar-refractivity contribution in [2.24, 2.45) is 0 Å². The zero-order valence-electron chi connectivity index (χ0n) is 7.47. The second kappa shape index (κ2) is 4.18. The first-order valence-corrected chi connectivity index (χ1v) is 4.46. The molecule has 0 bridgehead atoms. The molecule has 0 radical (unpaired) electrons. The van der Waals surface area contributed by atoms with Crippen LogP contribution in [-0.2, 0) is 6.61 Å². The Balaban J connectivity index is 2.02. The van der Waals surface area contributed by atoms with Gasteiger partial charge in [-0.1, -0.05) is 17.7 Å². The molecule has 0 atom stereocenters. The van der Waals surface area contributed by atoms with E-state index in [-0.39, 0.29) is 12.5 Å². The molecule has 0 aliphatic rings. The molecule has 2 rings (SSSR count). The molecule has 1 aromatic carbocycles. The van der Waals surface area contributed by atoms with Crippen molar-refractivity contribution in [1.82, 2.24) is 5.16 Å². The predicted octanol–water partition coefficient (Wildman–Crippen LogP) is 1.86. The summed E-state index contributed by atoms with van der Waals surface area (Å²) < 4.78 is 14.0. The highest BCUT2D eigenvalue weighted by Crippen LogP contribution is 2.17. The lowest BCUT2D eigenvalue weighted by molar-refractivity contribution is 0.259. The van der Waals surface area contributed by atoms with Crippen LogP contribution in [0.1, 0.15) is 5.89 Å². The van der Waals surface area contributed by atoms with Crippen molar-refractivity contribution in [3.63, 3.8) is 0 Å². The monoisotopic (exact) mass is 227 g/mol. The molecule has 15 heavy (non-hydrogen) atoms. The Morgan fingerprint density at radius 3 is 3.00 bits per heavy atom. The summed E-state index contributed by atoms with van der Waals surface area (Å²) >= 11 is 5.74. The van der Waals surface area contributed by atoms with Crippen molar-refractivity contribution in [2.75, 3.05) is 0 Å². The first-order valence-electron chi connectivity index (χ1n) is 4.08. The molecule has 6 heteroatoms. The number of rotatable bonds is 3. The van der Waals surface area contributed by atoms with Crippen molar-refractivity contribution < 1.29 is 13.7 Å². The Hall–Kier alpha value is -1.75. The molecule has 2 aromatic rings. The molecule has 1 aromatic heterocycles. The number of hydrogen-bond acceptors (Lipinski definition) is 5. The first-order chi connectivity index (χ1) is 7.24. The highest BCUT2D eigenvalue weighted by Gasteiger charge is 2.04. The van der Waals surface area contributed by atoms with Crippen LogP contribution in [0, 0.1) is 0 Å². The van der Waals surface area contributed by atoms with E-state index >= 15 is 0 Å². The summed E-state index contributed by atoms with van der Waals surface area (Å²) in [7, 11) is 0. The summed E-state index contributed by atoms with van der Waals surface area (Å²) in [6, 6.07) is 6.84. The minimum Gasteiger partial charge on any atom is -0.484 e. The van der Waals surface area contributed by atoms with Gasteiger partial charge in [0.15, 0.2) is 6.61 Å². The molecule has 0 amide bonds. The molecule has 0 aliphatic heterocycles. The maximum absolute atomic E-state index is 10.5. The van der Waals surface area contributed by atoms with Crippen molar-refractivity contribution >= 4 is 11.6 Å². The molecule has 0 fully saturated rings. The fourth-order valence-corrected chi connectivity index (χ4v) is 1.16. The van der Waals surface area contributed by atoms with Crippen LogP contribution in [0.15, 0.2) is 38.0 Å². The molecule has 0 saturated heterocycles. The van der Waals surface area contributed by atoms with Gasteiger partial charge in [-0.3, -0.25) is 4.52 Å². The van der Waals surface area contributed by atoms with Crippen molar-refractivity contribution in [1.29, 1.82) is 0 Å². The zero-order valence-corrected chi connectivity index (χ0v) is 8.23. The van der Waals surface area contributed by atoms with Crippen molar-refractivity contribution in [3.8, 4) is 5.75 Å². The normalized spacial score (nSPS) is 10.2. The van der Waals surface area contributed by atoms with Crippen LogP contribution in [0.2, 0.25) is 5.02 Å². The summed E-state index contributed by atoms with van der Waals surface area (Å²) in [4.78, 5) is 10.5. The lowest BCUT2D eigenvalue weighted by Gasteiger charge is -2.01. The highest BCUT2D eigenvalue weighted by molar-refractivity contribution is 6.30. The van der Waals surface area contributed by atoms with Gasteiger partial charge >= 0.3 is 5.82 Å². The predicted molar refractivity (Wildman–Crippen MR) is 50.8 cm³/mol. The Kier molecular flexibility index (Phi) is 2.73. The van der Waals surface area contributed by atoms with E-state index in [1.54, 1.807) is 24.3 Å². The maximum Gasteiger partial charge on any atom is 0.542 e. The number of aromatic nitrogens is 1. The van der Waals surface area contributed by atoms with Crippen LogP contribution < -0.4 is 10.6 Å². The van der Waals surface area contributed by atoms with Gasteiger partial charge in [-0.15, -0.1) is 0 Å². The van der Waals surface area contributed by atoms with Crippen molar-refractivity contribution in [2.45, 2.75) is 6.61 Å². The Morgan fingerprint density at radius 2 is 2.33 bits per heavy atom. The van der Waals surface area contributed by atoms with Gasteiger partial charge in [-0.2, -0.15) is 0 Å². The molecule has 0 unspecified atom stereocenters. The highest BCUT2D eigenvalue weighted by atomic mass is 35.5. The van der Waals surface area contributed by atoms with Crippen LogP contribution in [-0.4, -0.2) is 5.16 Å². The fourth-order valence-electron chi connectivity index (χ4n) is 0.979. The molecular formula is C9H6ClNO4. The Labute approximate surface area is 89.2 Å². The zero-order chi connectivity index (χ0) is 10.7. The number of halogens is 1. The summed E-state index contributed by atoms with van der Waals surface area (Å²) in [5.74, 6) is -0.201. The molecule has 1 heterocycles. The van der Waals surface area contributed by atoms with Gasteiger partial charge in [0.2, 0.25) is 0 Å². The van der Waals surface area contributed by atoms with Gasteiger partial charge < -0.3 is 9.15 Å². The molecule has 5 nitrogen and oxygen atoms in total. The van der Waals surface area contributed by atoms with Gasteiger partial charge in [-0.25, -0.2) is 4.79 Å². The number of nitrogens with zero attached hydrogens (tertiary/aromatic N) is 1. The summed E-state index contributed by atoms with van der Waals surface area (Å²) in [6.45, 7) is 0.0199. The largest absolute Gasteiger partial charge is 0.542 e. The number of hydrogen-bond donors (Lipinski definition) is 0. The maximum atomic E-state index is 10.5. The summed E-state index contributed by atoms with van der Waals surface area (Å²) in [5, 5.41) is 3.91. The van der Waals surface area contributed by atoms with Crippen LogP contribution in [0.25, 0.3) is 0 Å². The van der Waals surface area contributed by atoms with E-state index in [9.17, 15) is 4.79 Å². The summed E-state index contributed by atoms with van der Waals surface area (Å²) in [6.07, 6.45) is 0.